The van der Waals surface area contributed by atoms with E-state index in [1.54, 1.807) is 38.2 Å². The normalized spacial score (nSPS) is 20.3. The van der Waals surface area contributed by atoms with Crippen LogP contribution in [0.3, 0.4) is 0 Å². The van der Waals surface area contributed by atoms with Gasteiger partial charge in [0.05, 0.1) is 7.11 Å². The Labute approximate surface area is 186 Å². The van der Waals surface area contributed by atoms with E-state index in [2.05, 4.69) is 25.9 Å². The van der Waals surface area contributed by atoms with Crippen LogP contribution in [-0.2, 0) is 11.3 Å². The summed E-state index contributed by atoms with van der Waals surface area (Å²) in [7, 11) is 5.19. The summed E-state index contributed by atoms with van der Waals surface area (Å²) in [6.07, 6.45) is 1.62. The van der Waals surface area contributed by atoms with Crippen LogP contribution in [0.5, 0.6) is 5.75 Å². The Morgan fingerprint density at radius 2 is 2.00 bits per heavy atom. The van der Waals surface area contributed by atoms with Crippen LogP contribution < -0.4 is 10.1 Å². The molecular weight excluding hydrogens is 411 g/mol. The van der Waals surface area contributed by atoms with E-state index < -0.39 is 0 Å². The van der Waals surface area contributed by atoms with Crippen molar-refractivity contribution in [2.45, 2.75) is 31.3 Å². The van der Waals surface area contributed by atoms with Gasteiger partial charge in [-0.25, -0.2) is 9.49 Å². The molecule has 0 aliphatic heterocycles. The SMILES string of the molecule is COc1ccc(-c2nnn[nH]2)cc1CNC1CCC(C(=O)N(C)C)C1c1ccc(F)cc1. The highest BCUT2D eigenvalue weighted by Gasteiger charge is 2.41. The zero-order valence-corrected chi connectivity index (χ0v) is 18.4. The summed E-state index contributed by atoms with van der Waals surface area (Å²) in [4.78, 5) is 14.5. The monoisotopic (exact) mass is 438 g/mol. The molecule has 1 aromatic heterocycles. The first-order chi connectivity index (χ1) is 15.5. The number of halogens is 1. The Morgan fingerprint density at radius 1 is 1.22 bits per heavy atom. The van der Waals surface area contributed by atoms with Crippen LogP contribution in [0.15, 0.2) is 42.5 Å². The van der Waals surface area contributed by atoms with Crippen LogP contribution in [0.2, 0.25) is 0 Å². The van der Waals surface area contributed by atoms with Gasteiger partial charge in [-0.1, -0.05) is 12.1 Å². The summed E-state index contributed by atoms with van der Waals surface area (Å²) in [6.45, 7) is 0.545. The summed E-state index contributed by atoms with van der Waals surface area (Å²) in [5.74, 6) is 0.956. The number of H-pyrrole nitrogens is 1. The van der Waals surface area contributed by atoms with Gasteiger partial charge in [0.1, 0.15) is 11.6 Å². The van der Waals surface area contributed by atoms with Crippen molar-refractivity contribution in [3.05, 3.63) is 59.4 Å². The molecule has 0 spiro atoms. The average Bonchev–Trinajstić information content (AvgIpc) is 3.48. The molecule has 0 bridgehead atoms. The second-order valence-electron chi connectivity index (χ2n) is 8.26. The highest BCUT2D eigenvalue weighted by molar-refractivity contribution is 5.80. The van der Waals surface area contributed by atoms with E-state index in [0.717, 1.165) is 35.3 Å². The van der Waals surface area contributed by atoms with E-state index >= 15 is 0 Å². The van der Waals surface area contributed by atoms with Gasteiger partial charge in [-0.3, -0.25) is 4.79 Å². The lowest BCUT2D eigenvalue weighted by atomic mass is 9.85. The number of nitrogens with one attached hydrogen (secondary N) is 2. The van der Waals surface area contributed by atoms with E-state index in [9.17, 15) is 9.18 Å². The second-order valence-corrected chi connectivity index (χ2v) is 8.26. The first kappa shape index (κ1) is 21.9. The van der Waals surface area contributed by atoms with Gasteiger partial charge < -0.3 is 15.0 Å². The van der Waals surface area contributed by atoms with E-state index in [-0.39, 0.29) is 29.6 Å². The molecule has 168 valence electrons. The molecule has 3 atom stereocenters. The van der Waals surface area contributed by atoms with Gasteiger partial charge in [0.25, 0.3) is 0 Å². The molecule has 1 aliphatic carbocycles. The Kier molecular flexibility index (Phi) is 6.45. The fourth-order valence-electron chi connectivity index (χ4n) is 4.57. The van der Waals surface area contributed by atoms with E-state index in [0.29, 0.717) is 12.4 Å². The fourth-order valence-corrected chi connectivity index (χ4v) is 4.57. The number of aromatic nitrogens is 4. The van der Waals surface area contributed by atoms with Gasteiger partial charge in [-0.15, -0.1) is 5.10 Å². The smallest absolute Gasteiger partial charge is 0.225 e. The molecule has 2 aromatic carbocycles. The molecule has 3 unspecified atom stereocenters. The lowest BCUT2D eigenvalue weighted by Gasteiger charge is -2.28. The third kappa shape index (κ3) is 4.47. The van der Waals surface area contributed by atoms with Gasteiger partial charge in [-0.2, -0.15) is 0 Å². The second kappa shape index (κ2) is 9.44. The quantitative estimate of drug-likeness (QED) is 0.589. The Balaban J connectivity index is 1.58. The van der Waals surface area contributed by atoms with Crippen molar-refractivity contribution in [1.82, 2.24) is 30.8 Å². The number of carbonyl (C=O) groups excluding carboxylic acids is 1. The number of methoxy groups -OCH3 is 1. The van der Waals surface area contributed by atoms with Crippen LogP contribution in [0, 0.1) is 11.7 Å². The number of benzene rings is 2. The van der Waals surface area contributed by atoms with Crippen LogP contribution in [0.25, 0.3) is 11.4 Å². The molecule has 2 N–H and O–H groups in total. The molecule has 9 heteroatoms. The van der Waals surface area contributed by atoms with Crippen molar-refractivity contribution in [2.75, 3.05) is 21.2 Å². The van der Waals surface area contributed by atoms with Crippen molar-refractivity contribution in [3.8, 4) is 17.1 Å². The number of hydrogen-bond donors (Lipinski definition) is 2. The molecular formula is C23H27FN6O2. The topological polar surface area (TPSA) is 96.0 Å². The molecule has 1 heterocycles. The largest absolute Gasteiger partial charge is 0.496 e. The number of ether oxygens (including phenoxy) is 1. The minimum absolute atomic E-state index is 0.0434. The molecule has 1 saturated carbocycles. The maximum Gasteiger partial charge on any atom is 0.225 e. The predicted molar refractivity (Wildman–Crippen MR) is 117 cm³/mol. The molecule has 1 aliphatic rings. The summed E-state index contributed by atoms with van der Waals surface area (Å²) < 4.78 is 19.1. The molecule has 3 aromatic rings. The number of aromatic amines is 1. The molecule has 1 fully saturated rings. The highest BCUT2D eigenvalue weighted by Crippen LogP contribution is 2.41. The van der Waals surface area contributed by atoms with E-state index in [1.165, 1.54) is 12.1 Å². The summed E-state index contributed by atoms with van der Waals surface area (Å²) in [5, 5.41) is 17.6. The third-order valence-electron chi connectivity index (χ3n) is 6.12. The molecule has 1 amide bonds. The number of carbonyl (C=O) groups is 1. The maximum absolute atomic E-state index is 13.5. The number of rotatable bonds is 7. The minimum atomic E-state index is -0.282. The average molecular weight is 439 g/mol. The Hall–Kier alpha value is -3.33. The van der Waals surface area contributed by atoms with Crippen LogP contribution in [-0.4, -0.2) is 58.7 Å². The van der Waals surface area contributed by atoms with Crippen molar-refractivity contribution < 1.29 is 13.9 Å². The van der Waals surface area contributed by atoms with Crippen LogP contribution in [0.1, 0.15) is 29.9 Å². The standard InChI is InChI=1S/C23H27FN6O2/c1-30(2)23(31)18-9-10-19(21(18)14-4-7-17(24)8-5-14)25-13-16-12-15(6-11-20(16)32-3)22-26-28-29-27-22/h4-8,11-12,18-19,21,25H,9-10,13H2,1-3H3,(H,26,27,28,29). The molecule has 0 radical (unpaired) electrons. The summed E-state index contributed by atoms with van der Waals surface area (Å²) in [6, 6.07) is 12.3. The minimum Gasteiger partial charge on any atom is -0.496 e. The number of amides is 1. The Morgan fingerprint density at radius 3 is 2.66 bits per heavy atom. The molecule has 8 nitrogen and oxygen atoms in total. The van der Waals surface area contributed by atoms with Crippen LogP contribution >= 0.6 is 0 Å². The fraction of sp³-hybridized carbons (Fsp3) is 0.391. The zero-order valence-electron chi connectivity index (χ0n) is 18.4. The van der Waals surface area contributed by atoms with Gasteiger partial charge >= 0.3 is 0 Å². The van der Waals surface area contributed by atoms with Crippen molar-refractivity contribution in [1.29, 1.82) is 0 Å². The van der Waals surface area contributed by atoms with E-state index in [4.69, 9.17) is 4.74 Å². The van der Waals surface area contributed by atoms with Crippen molar-refractivity contribution >= 4 is 5.91 Å². The Bertz CT molecular complexity index is 1050. The zero-order chi connectivity index (χ0) is 22.7. The maximum atomic E-state index is 13.5. The van der Waals surface area contributed by atoms with Gasteiger partial charge in [0.15, 0.2) is 5.82 Å². The van der Waals surface area contributed by atoms with Gasteiger partial charge in [0, 0.05) is 49.6 Å². The van der Waals surface area contributed by atoms with Crippen LogP contribution in [0.4, 0.5) is 4.39 Å². The predicted octanol–water partition coefficient (Wildman–Crippen LogP) is 2.75. The molecule has 4 rings (SSSR count). The number of hydrogen-bond acceptors (Lipinski definition) is 6. The van der Waals surface area contributed by atoms with E-state index in [1.807, 2.05) is 18.2 Å². The first-order valence-electron chi connectivity index (χ1n) is 10.6. The number of tetrazole rings is 1. The van der Waals surface area contributed by atoms with Gasteiger partial charge in [-0.05, 0) is 59.2 Å². The highest BCUT2D eigenvalue weighted by atomic mass is 19.1. The third-order valence-corrected chi connectivity index (χ3v) is 6.12. The summed E-state index contributed by atoms with van der Waals surface area (Å²) in [5.41, 5.74) is 2.78. The molecule has 32 heavy (non-hydrogen) atoms. The number of nitrogens with zero attached hydrogens (tertiary/aromatic N) is 4. The summed E-state index contributed by atoms with van der Waals surface area (Å²) >= 11 is 0. The first-order valence-corrected chi connectivity index (χ1v) is 10.6. The lowest BCUT2D eigenvalue weighted by molar-refractivity contribution is -0.133. The van der Waals surface area contributed by atoms with Crippen molar-refractivity contribution in [2.24, 2.45) is 5.92 Å². The van der Waals surface area contributed by atoms with Crippen molar-refractivity contribution in [3.63, 3.8) is 0 Å². The van der Waals surface area contributed by atoms with Gasteiger partial charge in [0.2, 0.25) is 5.91 Å². The lowest BCUT2D eigenvalue weighted by Crippen LogP contribution is -2.37. The molecule has 0 saturated heterocycles.